The van der Waals surface area contributed by atoms with Gasteiger partial charge in [0, 0.05) is 32.4 Å². The molecule has 1 amide bonds. The smallest absolute Gasteiger partial charge is 0.410 e. The molecular weight excluding hydrogens is 370 g/mol. The van der Waals surface area contributed by atoms with Crippen molar-refractivity contribution < 1.29 is 19.1 Å². The van der Waals surface area contributed by atoms with Gasteiger partial charge in [0.2, 0.25) is 0 Å². The molecule has 2 aliphatic heterocycles. The molecule has 1 aromatic rings. The Morgan fingerprint density at radius 3 is 2.45 bits per heavy atom. The highest BCUT2D eigenvalue weighted by atomic mass is 16.6. The van der Waals surface area contributed by atoms with Crippen LogP contribution < -0.4 is 0 Å². The minimum absolute atomic E-state index is 0.208. The summed E-state index contributed by atoms with van der Waals surface area (Å²) in [7, 11) is 1.34. The van der Waals surface area contributed by atoms with Gasteiger partial charge in [0.1, 0.15) is 11.3 Å². The third-order valence-corrected chi connectivity index (χ3v) is 5.30. The maximum atomic E-state index is 12.2. The molecule has 156 valence electrons. The van der Waals surface area contributed by atoms with Crippen molar-refractivity contribution in [1.29, 1.82) is 0 Å². The number of nitrogens with zero attached hydrogens (tertiary/aromatic N) is 3. The van der Waals surface area contributed by atoms with E-state index in [9.17, 15) is 9.59 Å². The van der Waals surface area contributed by atoms with E-state index in [-0.39, 0.29) is 6.09 Å². The highest BCUT2D eigenvalue weighted by molar-refractivity contribution is 5.88. The fourth-order valence-electron chi connectivity index (χ4n) is 3.77. The standard InChI is InChI=1S/C22H29N3O4/c1-21(2,3)29-20(27)25-12-9-22(10-13-25)15-24(16-22)11-5-6-18-8-7-17(14-23-18)19(26)28-4/h7-8,14H,9-13,15-16H2,1-4H3. The summed E-state index contributed by atoms with van der Waals surface area (Å²) in [4.78, 5) is 31.9. The molecule has 0 saturated carbocycles. The van der Waals surface area contributed by atoms with Crippen LogP contribution in [-0.4, -0.2) is 72.3 Å². The van der Waals surface area contributed by atoms with Gasteiger partial charge in [-0.05, 0) is 57.1 Å². The number of ether oxygens (including phenoxy) is 2. The first kappa shape index (κ1) is 21.1. The number of amides is 1. The number of carbonyl (C=O) groups excluding carboxylic acids is 2. The van der Waals surface area contributed by atoms with Crippen molar-refractivity contribution in [3.63, 3.8) is 0 Å². The van der Waals surface area contributed by atoms with Crippen LogP contribution in [0.5, 0.6) is 0 Å². The van der Waals surface area contributed by atoms with Crippen LogP contribution in [0.4, 0.5) is 4.79 Å². The van der Waals surface area contributed by atoms with Crippen LogP contribution in [0.25, 0.3) is 0 Å². The lowest BCUT2D eigenvalue weighted by Gasteiger charge is -2.53. The van der Waals surface area contributed by atoms with Gasteiger partial charge >= 0.3 is 12.1 Å². The maximum absolute atomic E-state index is 12.2. The normalized spacial score (nSPS) is 18.4. The number of rotatable bonds is 2. The Bertz CT molecular complexity index is 801. The second-order valence-corrected chi connectivity index (χ2v) is 8.84. The molecule has 0 unspecified atom stereocenters. The van der Waals surface area contributed by atoms with Crippen LogP contribution in [0.1, 0.15) is 49.7 Å². The Labute approximate surface area is 172 Å². The zero-order valence-corrected chi connectivity index (χ0v) is 17.7. The average molecular weight is 399 g/mol. The lowest BCUT2D eigenvalue weighted by molar-refractivity contribution is -0.0451. The van der Waals surface area contributed by atoms with Crippen molar-refractivity contribution in [2.75, 3.05) is 39.8 Å². The van der Waals surface area contributed by atoms with Gasteiger partial charge in [0.15, 0.2) is 0 Å². The highest BCUT2D eigenvalue weighted by Gasteiger charge is 2.45. The maximum Gasteiger partial charge on any atom is 0.410 e. The van der Waals surface area contributed by atoms with Gasteiger partial charge in [-0.1, -0.05) is 5.92 Å². The largest absolute Gasteiger partial charge is 0.465 e. The molecule has 0 radical (unpaired) electrons. The van der Waals surface area contributed by atoms with Gasteiger partial charge < -0.3 is 14.4 Å². The Hall–Kier alpha value is -2.59. The minimum Gasteiger partial charge on any atom is -0.465 e. The predicted octanol–water partition coefficient (Wildman–Crippen LogP) is 2.55. The second kappa shape index (κ2) is 8.42. The van der Waals surface area contributed by atoms with Crippen molar-refractivity contribution in [2.45, 2.75) is 39.2 Å². The van der Waals surface area contributed by atoms with Crippen LogP contribution in [0.15, 0.2) is 18.3 Å². The summed E-state index contributed by atoms with van der Waals surface area (Å²) in [5.74, 6) is 5.79. The molecular formula is C22H29N3O4. The summed E-state index contributed by atoms with van der Waals surface area (Å²) >= 11 is 0. The molecule has 0 aliphatic carbocycles. The number of esters is 1. The molecule has 1 aromatic heterocycles. The van der Waals surface area contributed by atoms with E-state index in [1.165, 1.54) is 13.3 Å². The lowest BCUT2D eigenvalue weighted by Crippen LogP contribution is -2.60. The number of hydrogen-bond donors (Lipinski definition) is 0. The number of pyridine rings is 1. The van der Waals surface area contributed by atoms with E-state index in [0.29, 0.717) is 23.2 Å². The van der Waals surface area contributed by atoms with Gasteiger partial charge in [-0.15, -0.1) is 0 Å². The molecule has 2 aliphatic rings. The highest BCUT2D eigenvalue weighted by Crippen LogP contribution is 2.40. The van der Waals surface area contributed by atoms with Crippen molar-refractivity contribution in [1.82, 2.24) is 14.8 Å². The Balaban J connectivity index is 1.42. The predicted molar refractivity (Wildman–Crippen MR) is 108 cm³/mol. The monoisotopic (exact) mass is 399 g/mol. The molecule has 0 atom stereocenters. The van der Waals surface area contributed by atoms with E-state index in [4.69, 9.17) is 4.74 Å². The van der Waals surface area contributed by atoms with Gasteiger partial charge in [0.05, 0.1) is 19.2 Å². The van der Waals surface area contributed by atoms with Crippen molar-refractivity contribution in [3.05, 3.63) is 29.6 Å². The zero-order valence-electron chi connectivity index (χ0n) is 17.7. The molecule has 3 rings (SSSR count). The number of piperidine rings is 1. The van der Waals surface area contributed by atoms with E-state index >= 15 is 0 Å². The van der Waals surface area contributed by atoms with E-state index < -0.39 is 11.6 Å². The first-order chi connectivity index (χ1) is 13.7. The molecule has 2 fully saturated rings. The zero-order chi connectivity index (χ0) is 21.1. The van der Waals surface area contributed by atoms with E-state index in [1.54, 1.807) is 12.1 Å². The quantitative estimate of drug-likeness (QED) is 0.562. The first-order valence-electron chi connectivity index (χ1n) is 9.93. The summed E-state index contributed by atoms with van der Waals surface area (Å²) in [6.45, 7) is 9.91. The summed E-state index contributed by atoms with van der Waals surface area (Å²) < 4.78 is 10.1. The first-order valence-corrected chi connectivity index (χ1v) is 9.93. The lowest BCUT2D eigenvalue weighted by atomic mass is 9.72. The summed E-state index contributed by atoms with van der Waals surface area (Å²) in [6, 6.07) is 3.39. The molecule has 7 heteroatoms. The van der Waals surface area contributed by atoms with E-state index in [2.05, 4.69) is 26.5 Å². The molecule has 1 spiro atoms. The molecule has 3 heterocycles. The molecule has 7 nitrogen and oxygen atoms in total. The van der Waals surface area contributed by atoms with Crippen LogP contribution in [0.2, 0.25) is 0 Å². The molecule has 0 bridgehead atoms. The summed E-state index contributed by atoms with van der Waals surface area (Å²) in [5, 5.41) is 0. The van der Waals surface area contributed by atoms with Crippen molar-refractivity contribution in [3.8, 4) is 11.8 Å². The number of hydrogen-bond acceptors (Lipinski definition) is 6. The van der Waals surface area contributed by atoms with Crippen LogP contribution in [0.3, 0.4) is 0 Å². The Morgan fingerprint density at radius 1 is 1.21 bits per heavy atom. The van der Waals surface area contributed by atoms with Gasteiger partial charge in [-0.25, -0.2) is 14.6 Å². The van der Waals surface area contributed by atoms with Crippen molar-refractivity contribution >= 4 is 12.1 Å². The van der Waals surface area contributed by atoms with Crippen LogP contribution >= 0.6 is 0 Å². The van der Waals surface area contributed by atoms with Gasteiger partial charge in [-0.3, -0.25) is 4.90 Å². The summed E-state index contributed by atoms with van der Waals surface area (Å²) in [5.41, 5.74) is 0.909. The molecule has 0 aromatic carbocycles. The molecule has 29 heavy (non-hydrogen) atoms. The van der Waals surface area contributed by atoms with Crippen LogP contribution in [0, 0.1) is 17.3 Å². The molecule has 2 saturated heterocycles. The number of carbonyl (C=O) groups is 2. The third-order valence-electron chi connectivity index (χ3n) is 5.30. The van der Waals surface area contributed by atoms with Crippen LogP contribution in [-0.2, 0) is 9.47 Å². The fourth-order valence-corrected chi connectivity index (χ4v) is 3.77. The van der Waals surface area contributed by atoms with E-state index in [0.717, 1.165) is 39.0 Å². The molecule has 0 N–H and O–H groups in total. The third kappa shape index (κ3) is 5.48. The topological polar surface area (TPSA) is 72.0 Å². The van der Waals surface area contributed by atoms with E-state index in [1.807, 2.05) is 25.7 Å². The SMILES string of the molecule is COC(=O)c1ccc(C#CCN2CC3(CCN(C(=O)OC(C)(C)C)CC3)C2)nc1. The number of likely N-dealkylation sites (tertiary alicyclic amines) is 2. The Kier molecular flexibility index (Phi) is 6.13. The van der Waals surface area contributed by atoms with Gasteiger partial charge in [-0.2, -0.15) is 0 Å². The number of aromatic nitrogens is 1. The minimum atomic E-state index is -0.452. The second-order valence-electron chi connectivity index (χ2n) is 8.84. The fraction of sp³-hybridized carbons (Fsp3) is 0.591. The average Bonchev–Trinajstić information content (AvgIpc) is 2.65. The summed E-state index contributed by atoms with van der Waals surface area (Å²) in [6.07, 6.45) is 3.28. The number of methoxy groups -OCH3 is 1. The van der Waals surface area contributed by atoms with Gasteiger partial charge in [0.25, 0.3) is 0 Å². The van der Waals surface area contributed by atoms with Crippen molar-refractivity contribution in [2.24, 2.45) is 5.41 Å². The Morgan fingerprint density at radius 2 is 1.90 bits per heavy atom.